The molecule has 0 aromatic carbocycles. The number of allylic oxidation sites excluding steroid dienone is 1. The van der Waals surface area contributed by atoms with Crippen LogP contribution in [0.4, 0.5) is 0 Å². The third kappa shape index (κ3) is 2.72. The predicted octanol–water partition coefficient (Wildman–Crippen LogP) is 1.41. The molecule has 3 heteroatoms. The zero-order chi connectivity index (χ0) is 10.4. The molecule has 0 aliphatic heterocycles. The molecule has 0 heterocycles. The summed E-state index contributed by atoms with van der Waals surface area (Å²) < 4.78 is 10.4. The lowest BCUT2D eigenvalue weighted by Crippen LogP contribution is -2.12. The van der Waals surface area contributed by atoms with Crippen LogP contribution in [-0.4, -0.2) is 32.0 Å². The molecule has 0 fully saturated rings. The Kier molecular flexibility index (Phi) is 4.43. The van der Waals surface area contributed by atoms with Crippen LogP contribution in [0.2, 0.25) is 0 Å². The average molecular weight is 196 g/mol. The minimum atomic E-state index is 0.0437. The minimum absolute atomic E-state index is 0.0437. The Bertz CT molecular complexity index is 264. The maximum Gasteiger partial charge on any atom is 0.124 e. The summed E-state index contributed by atoms with van der Waals surface area (Å²) in [5.41, 5.74) is 0.995. The molecule has 1 aliphatic rings. The summed E-state index contributed by atoms with van der Waals surface area (Å²) in [7, 11) is 3.31. The van der Waals surface area contributed by atoms with Crippen molar-refractivity contribution in [2.75, 3.05) is 20.8 Å². The maximum atomic E-state index is 8.66. The van der Waals surface area contributed by atoms with Gasteiger partial charge in [-0.1, -0.05) is 18.2 Å². The van der Waals surface area contributed by atoms with Crippen LogP contribution in [0.1, 0.15) is 6.42 Å². The highest BCUT2D eigenvalue weighted by Gasteiger charge is 2.13. The average Bonchev–Trinajstić information content (AvgIpc) is 2.26. The zero-order valence-corrected chi connectivity index (χ0v) is 8.56. The molecule has 0 saturated heterocycles. The van der Waals surface area contributed by atoms with Crippen LogP contribution in [0.5, 0.6) is 0 Å². The molecule has 1 aliphatic carbocycles. The molecule has 1 unspecified atom stereocenters. The zero-order valence-electron chi connectivity index (χ0n) is 8.56. The lowest BCUT2D eigenvalue weighted by atomic mass is 10.0. The highest BCUT2D eigenvalue weighted by atomic mass is 16.5. The molecule has 0 bridgehead atoms. The van der Waals surface area contributed by atoms with E-state index < -0.39 is 0 Å². The van der Waals surface area contributed by atoms with Crippen LogP contribution in [0.25, 0.3) is 0 Å². The first-order chi connectivity index (χ1) is 6.81. The van der Waals surface area contributed by atoms with E-state index in [2.05, 4.69) is 0 Å². The van der Waals surface area contributed by atoms with Gasteiger partial charge in [-0.3, -0.25) is 0 Å². The fourth-order valence-corrected chi connectivity index (χ4v) is 1.36. The molecule has 0 aromatic rings. The molecule has 78 valence electrons. The Morgan fingerprint density at radius 2 is 2.36 bits per heavy atom. The molecule has 0 saturated carbocycles. The van der Waals surface area contributed by atoms with Crippen molar-refractivity contribution in [2.24, 2.45) is 0 Å². The van der Waals surface area contributed by atoms with Crippen LogP contribution in [0.15, 0.2) is 35.6 Å². The Hall–Kier alpha value is -1.06. The second-order valence-electron chi connectivity index (χ2n) is 2.99. The van der Waals surface area contributed by atoms with Gasteiger partial charge in [-0.15, -0.1) is 0 Å². The van der Waals surface area contributed by atoms with E-state index in [1.54, 1.807) is 20.3 Å². The molecule has 0 radical (unpaired) electrons. The molecule has 1 rings (SSSR count). The summed E-state index contributed by atoms with van der Waals surface area (Å²) >= 11 is 0. The molecule has 0 spiro atoms. The van der Waals surface area contributed by atoms with Gasteiger partial charge in [0.15, 0.2) is 0 Å². The largest absolute Gasteiger partial charge is 0.496 e. The lowest BCUT2D eigenvalue weighted by molar-refractivity contribution is 0.136. The summed E-state index contributed by atoms with van der Waals surface area (Å²) in [6.07, 6.45) is 8.45. The Morgan fingerprint density at radius 1 is 1.57 bits per heavy atom. The van der Waals surface area contributed by atoms with Gasteiger partial charge in [0.1, 0.15) is 5.76 Å². The molecule has 3 nitrogen and oxygen atoms in total. The van der Waals surface area contributed by atoms with Gasteiger partial charge in [0, 0.05) is 12.7 Å². The van der Waals surface area contributed by atoms with Crippen LogP contribution in [0, 0.1) is 0 Å². The fraction of sp³-hybridized carbons (Fsp3) is 0.455. The second kappa shape index (κ2) is 5.62. The summed E-state index contributed by atoms with van der Waals surface area (Å²) in [4.78, 5) is 0. The monoisotopic (exact) mass is 196 g/mol. The molecule has 1 atom stereocenters. The molecular weight excluding hydrogens is 180 g/mol. The summed E-state index contributed by atoms with van der Waals surface area (Å²) in [5, 5.41) is 8.66. The standard InChI is InChI=1S/C11H16O3/c1-13-10-6-5-9(4-3-7-12)11(8-10)14-2/h3-5,8,10,12H,6-7H2,1-2H3/b4-3+. The molecule has 14 heavy (non-hydrogen) atoms. The first-order valence-electron chi connectivity index (χ1n) is 4.58. The van der Waals surface area contributed by atoms with Crippen molar-refractivity contribution in [3.8, 4) is 0 Å². The fourth-order valence-electron chi connectivity index (χ4n) is 1.36. The smallest absolute Gasteiger partial charge is 0.124 e. The first-order valence-corrected chi connectivity index (χ1v) is 4.58. The third-order valence-electron chi connectivity index (χ3n) is 2.12. The van der Waals surface area contributed by atoms with E-state index in [0.717, 1.165) is 17.8 Å². The van der Waals surface area contributed by atoms with Gasteiger partial charge in [0.05, 0.1) is 19.8 Å². The van der Waals surface area contributed by atoms with Crippen molar-refractivity contribution in [1.29, 1.82) is 0 Å². The number of ether oxygens (including phenoxy) is 2. The number of aliphatic hydroxyl groups is 1. The topological polar surface area (TPSA) is 38.7 Å². The van der Waals surface area contributed by atoms with Gasteiger partial charge in [0.25, 0.3) is 0 Å². The SMILES string of the molecule is COC1=CC(OC)CC=C1/C=C/CO. The van der Waals surface area contributed by atoms with Gasteiger partial charge >= 0.3 is 0 Å². The van der Waals surface area contributed by atoms with E-state index in [1.165, 1.54) is 0 Å². The van der Waals surface area contributed by atoms with Gasteiger partial charge in [-0.25, -0.2) is 0 Å². The van der Waals surface area contributed by atoms with Gasteiger partial charge in [0.2, 0.25) is 0 Å². The van der Waals surface area contributed by atoms with Crippen LogP contribution < -0.4 is 0 Å². The highest BCUT2D eigenvalue weighted by Crippen LogP contribution is 2.21. The Balaban J connectivity index is 2.73. The van der Waals surface area contributed by atoms with E-state index >= 15 is 0 Å². The van der Waals surface area contributed by atoms with Crippen molar-refractivity contribution in [1.82, 2.24) is 0 Å². The van der Waals surface area contributed by atoms with E-state index in [9.17, 15) is 0 Å². The number of aliphatic hydroxyl groups excluding tert-OH is 1. The van der Waals surface area contributed by atoms with E-state index in [1.807, 2.05) is 18.2 Å². The number of rotatable bonds is 4. The quantitative estimate of drug-likeness (QED) is 0.739. The van der Waals surface area contributed by atoms with E-state index in [4.69, 9.17) is 14.6 Å². The van der Waals surface area contributed by atoms with Gasteiger partial charge in [-0.2, -0.15) is 0 Å². The van der Waals surface area contributed by atoms with Crippen molar-refractivity contribution in [3.63, 3.8) is 0 Å². The van der Waals surface area contributed by atoms with Gasteiger partial charge < -0.3 is 14.6 Å². The normalized spacial score (nSPS) is 22.1. The molecule has 0 aromatic heterocycles. The van der Waals surface area contributed by atoms with E-state index in [0.29, 0.717) is 0 Å². The highest BCUT2D eigenvalue weighted by molar-refractivity contribution is 5.39. The van der Waals surface area contributed by atoms with E-state index in [-0.39, 0.29) is 12.7 Å². The number of hydrogen-bond acceptors (Lipinski definition) is 3. The summed E-state index contributed by atoms with van der Waals surface area (Å²) in [6.45, 7) is 0.0437. The molecule has 0 amide bonds. The number of hydrogen-bond donors (Lipinski definition) is 1. The third-order valence-corrected chi connectivity index (χ3v) is 2.12. The van der Waals surface area contributed by atoms with Crippen molar-refractivity contribution in [2.45, 2.75) is 12.5 Å². The Morgan fingerprint density at radius 3 is 2.93 bits per heavy atom. The molecular formula is C11H16O3. The van der Waals surface area contributed by atoms with Crippen molar-refractivity contribution < 1.29 is 14.6 Å². The first kappa shape index (κ1) is 11.0. The lowest BCUT2D eigenvalue weighted by Gasteiger charge is -2.18. The van der Waals surface area contributed by atoms with Crippen molar-refractivity contribution in [3.05, 3.63) is 35.6 Å². The molecule has 1 N–H and O–H groups in total. The number of methoxy groups -OCH3 is 2. The maximum absolute atomic E-state index is 8.66. The van der Waals surface area contributed by atoms with Crippen LogP contribution in [0.3, 0.4) is 0 Å². The predicted molar refractivity (Wildman–Crippen MR) is 54.8 cm³/mol. The second-order valence-corrected chi connectivity index (χ2v) is 2.99. The minimum Gasteiger partial charge on any atom is -0.496 e. The van der Waals surface area contributed by atoms with Crippen LogP contribution in [-0.2, 0) is 9.47 Å². The summed E-state index contributed by atoms with van der Waals surface area (Å²) in [5.74, 6) is 0.799. The van der Waals surface area contributed by atoms with Crippen molar-refractivity contribution >= 4 is 0 Å². The van der Waals surface area contributed by atoms with Gasteiger partial charge in [-0.05, 0) is 12.5 Å². The Labute approximate surface area is 84.3 Å². The summed E-state index contributed by atoms with van der Waals surface area (Å²) in [6, 6.07) is 0. The van der Waals surface area contributed by atoms with Crippen LogP contribution >= 0.6 is 0 Å².